The van der Waals surface area contributed by atoms with Crippen LogP contribution in [0.5, 0.6) is 5.75 Å². The SMILES string of the molecule is CC(C)Oc1ccc(-c2nnc(-c3cccc4c3CCC4)s2)cc1C#N.CCSN.CN(C)C=O. The van der Waals surface area contributed by atoms with Gasteiger partial charge in [0.2, 0.25) is 6.41 Å². The van der Waals surface area contributed by atoms with Gasteiger partial charge >= 0.3 is 0 Å². The van der Waals surface area contributed by atoms with Crippen LogP contribution < -0.4 is 9.88 Å². The highest BCUT2D eigenvalue weighted by Gasteiger charge is 2.19. The zero-order chi connectivity index (χ0) is 25.8. The standard InChI is InChI=1S/C21H19N3OS.C3H7NO.C2H7NS/c1-13(2)25-19-10-9-15(11-16(19)12-22)20-23-24-21(26-20)18-8-4-6-14-5-3-7-17(14)18;1-4(2)3-5;1-2-4-3/h4,6,8-11,13H,3,5,7H2,1-2H3;3H,1-2H3;2-3H2,1H3. The summed E-state index contributed by atoms with van der Waals surface area (Å²) in [5.74, 6) is 1.62. The van der Waals surface area contributed by atoms with Gasteiger partial charge in [0, 0.05) is 31.0 Å². The maximum atomic E-state index is 9.43. The number of ether oxygens (including phenoxy) is 1. The molecule has 0 fully saturated rings. The molecule has 2 N–H and O–H groups in total. The molecule has 1 aliphatic rings. The summed E-state index contributed by atoms with van der Waals surface area (Å²) in [6, 6.07) is 14.3. The van der Waals surface area contributed by atoms with Crippen molar-refractivity contribution in [3.63, 3.8) is 0 Å². The predicted octanol–water partition coefficient (Wildman–Crippen LogP) is 5.34. The third kappa shape index (κ3) is 8.35. The van der Waals surface area contributed by atoms with Crippen molar-refractivity contribution >= 4 is 29.7 Å². The van der Waals surface area contributed by atoms with Gasteiger partial charge in [-0.05, 0) is 62.4 Å². The first kappa shape index (κ1) is 28.3. The monoisotopic (exact) mass is 511 g/mol. The van der Waals surface area contributed by atoms with Crippen molar-refractivity contribution in [1.29, 1.82) is 5.26 Å². The molecule has 7 nitrogen and oxygen atoms in total. The van der Waals surface area contributed by atoms with Gasteiger partial charge in [0.25, 0.3) is 0 Å². The largest absolute Gasteiger partial charge is 0.490 e. The Hall–Kier alpha value is -2.93. The minimum Gasteiger partial charge on any atom is -0.490 e. The summed E-state index contributed by atoms with van der Waals surface area (Å²) < 4.78 is 5.70. The average Bonchev–Trinajstić information content (AvgIpc) is 3.54. The number of carbonyl (C=O) groups is 1. The van der Waals surface area contributed by atoms with Gasteiger partial charge in [-0.25, -0.2) is 0 Å². The molecule has 0 atom stereocenters. The van der Waals surface area contributed by atoms with E-state index in [0.717, 1.165) is 40.6 Å². The summed E-state index contributed by atoms with van der Waals surface area (Å²) in [6.45, 7) is 5.92. The molecule has 0 bridgehead atoms. The number of hydrogen-bond donors (Lipinski definition) is 1. The second kappa shape index (κ2) is 14.5. The molecule has 2 aromatic carbocycles. The van der Waals surface area contributed by atoms with E-state index in [2.05, 4.69) is 34.5 Å². The Labute approximate surface area is 216 Å². The normalized spacial score (nSPS) is 11.4. The zero-order valence-electron chi connectivity index (χ0n) is 20.9. The van der Waals surface area contributed by atoms with Gasteiger partial charge < -0.3 is 9.64 Å². The maximum Gasteiger partial charge on any atom is 0.209 e. The lowest BCUT2D eigenvalue weighted by atomic mass is 10.0. The van der Waals surface area contributed by atoms with Crippen LogP contribution in [0.3, 0.4) is 0 Å². The number of nitriles is 1. The highest BCUT2D eigenvalue weighted by Crippen LogP contribution is 2.37. The fraction of sp³-hybridized carbons (Fsp3) is 0.385. The van der Waals surface area contributed by atoms with Crippen LogP contribution in [0.15, 0.2) is 36.4 Å². The van der Waals surface area contributed by atoms with Crippen molar-refractivity contribution in [2.45, 2.75) is 46.1 Å². The smallest absolute Gasteiger partial charge is 0.209 e. The summed E-state index contributed by atoms with van der Waals surface area (Å²) in [4.78, 5) is 10.9. The van der Waals surface area contributed by atoms with Crippen molar-refractivity contribution in [3.8, 4) is 33.0 Å². The molecule has 1 aromatic heterocycles. The van der Waals surface area contributed by atoms with Crippen molar-refractivity contribution in [3.05, 3.63) is 53.1 Å². The van der Waals surface area contributed by atoms with Crippen molar-refractivity contribution in [1.82, 2.24) is 15.1 Å². The highest BCUT2D eigenvalue weighted by atomic mass is 32.2. The number of aromatic nitrogens is 2. The van der Waals surface area contributed by atoms with Crippen molar-refractivity contribution in [2.75, 3.05) is 19.8 Å². The number of nitrogens with zero attached hydrogens (tertiary/aromatic N) is 4. The lowest BCUT2D eigenvalue weighted by Crippen LogP contribution is -2.06. The van der Waals surface area contributed by atoms with Crippen molar-refractivity contribution < 1.29 is 9.53 Å². The first-order valence-electron chi connectivity index (χ1n) is 11.4. The summed E-state index contributed by atoms with van der Waals surface area (Å²) >= 11 is 2.93. The zero-order valence-corrected chi connectivity index (χ0v) is 22.6. The summed E-state index contributed by atoms with van der Waals surface area (Å²) in [5.41, 5.74) is 5.46. The lowest BCUT2D eigenvalue weighted by molar-refractivity contribution is -0.115. The molecular weight excluding hydrogens is 478 g/mol. The van der Waals surface area contributed by atoms with E-state index in [1.54, 1.807) is 25.4 Å². The van der Waals surface area contributed by atoms with Crippen LogP contribution in [-0.2, 0) is 17.6 Å². The molecule has 0 unspecified atom stereocenters. The Morgan fingerprint density at radius 1 is 1.23 bits per heavy atom. The fourth-order valence-electron chi connectivity index (χ4n) is 3.38. The van der Waals surface area contributed by atoms with E-state index < -0.39 is 0 Å². The van der Waals surface area contributed by atoms with Crippen LogP contribution in [0.2, 0.25) is 0 Å². The molecule has 0 aliphatic heterocycles. The van der Waals surface area contributed by atoms with Gasteiger partial charge in [0.05, 0.1) is 11.7 Å². The highest BCUT2D eigenvalue weighted by molar-refractivity contribution is 7.97. The molecule has 1 aliphatic carbocycles. The van der Waals surface area contributed by atoms with Gasteiger partial charge in [-0.1, -0.05) is 48.4 Å². The number of aryl methyl sites for hydroxylation is 1. The van der Waals surface area contributed by atoms with Crippen LogP contribution in [0, 0.1) is 11.3 Å². The number of amides is 1. The first-order valence-corrected chi connectivity index (χ1v) is 13.3. The van der Waals surface area contributed by atoms with E-state index in [-0.39, 0.29) is 6.10 Å². The number of benzene rings is 2. The van der Waals surface area contributed by atoms with Crippen LogP contribution in [0.4, 0.5) is 0 Å². The predicted molar refractivity (Wildman–Crippen MR) is 145 cm³/mol. The van der Waals surface area contributed by atoms with Crippen LogP contribution in [0.25, 0.3) is 21.1 Å². The third-order valence-electron chi connectivity index (χ3n) is 4.89. The van der Waals surface area contributed by atoms with Crippen LogP contribution >= 0.6 is 23.3 Å². The Bertz CT molecular complexity index is 1140. The minimum absolute atomic E-state index is 0.0289. The van der Waals surface area contributed by atoms with Gasteiger partial charge in [-0.2, -0.15) is 5.26 Å². The molecule has 0 saturated carbocycles. The summed E-state index contributed by atoms with van der Waals surface area (Å²) in [7, 11) is 3.38. The second-order valence-corrected chi connectivity index (χ2v) is 10.1. The number of rotatable bonds is 6. The molecule has 3 aromatic rings. The van der Waals surface area contributed by atoms with Crippen LogP contribution in [-0.4, -0.2) is 47.5 Å². The maximum absolute atomic E-state index is 9.43. The van der Waals surface area contributed by atoms with E-state index >= 15 is 0 Å². The Morgan fingerprint density at radius 3 is 2.51 bits per heavy atom. The number of hydrogen-bond acceptors (Lipinski definition) is 8. The van der Waals surface area contributed by atoms with Gasteiger partial charge in [-0.15, -0.1) is 10.2 Å². The van der Waals surface area contributed by atoms with Crippen LogP contribution in [0.1, 0.15) is 43.9 Å². The molecule has 9 heteroatoms. The Morgan fingerprint density at radius 2 is 1.91 bits per heavy atom. The Balaban J connectivity index is 0.000000414. The second-order valence-electron chi connectivity index (χ2n) is 8.22. The molecule has 4 rings (SSSR count). The number of nitrogens with two attached hydrogens (primary N) is 1. The summed E-state index contributed by atoms with van der Waals surface area (Å²) in [6.07, 6.45) is 4.25. The fourth-order valence-corrected chi connectivity index (χ4v) is 4.27. The van der Waals surface area contributed by atoms with Gasteiger partial charge in [0.1, 0.15) is 21.8 Å². The minimum atomic E-state index is 0.0289. The van der Waals surface area contributed by atoms with E-state index in [0.29, 0.717) is 11.3 Å². The third-order valence-corrected chi connectivity index (χ3v) is 6.23. The molecule has 0 saturated heterocycles. The Kier molecular flexibility index (Phi) is 11.7. The number of fused-ring (bicyclic) bond motifs is 1. The van der Waals surface area contributed by atoms with E-state index in [1.807, 2.05) is 39.0 Å². The van der Waals surface area contributed by atoms with E-state index in [1.165, 1.54) is 40.0 Å². The molecule has 1 heterocycles. The average molecular weight is 512 g/mol. The van der Waals surface area contributed by atoms with E-state index in [4.69, 9.17) is 9.88 Å². The van der Waals surface area contributed by atoms with E-state index in [9.17, 15) is 10.1 Å². The first-order chi connectivity index (χ1) is 16.8. The van der Waals surface area contributed by atoms with Crippen molar-refractivity contribution in [2.24, 2.45) is 5.14 Å². The molecule has 186 valence electrons. The molecule has 0 spiro atoms. The topological polar surface area (TPSA) is 105 Å². The van der Waals surface area contributed by atoms with Gasteiger partial charge in [-0.3, -0.25) is 9.93 Å². The molecule has 35 heavy (non-hydrogen) atoms. The molecular formula is C26H33N5O2S2. The van der Waals surface area contributed by atoms with Gasteiger partial charge in [0.15, 0.2) is 0 Å². The number of carbonyl (C=O) groups excluding carboxylic acids is 1. The molecule has 1 amide bonds. The quantitative estimate of drug-likeness (QED) is 0.352. The lowest BCUT2D eigenvalue weighted by Gasteiger charge is -2.11. The summed E-state index contributed by atoms with van der Waals surface area (Å²) in [5, 5.41) is 24.9. The molecule has 0 radical (unpaired) electrons.